The predicted octanol–water partition coefficient (Wildman–Crippen LogP) is 3.27. The highest BCUT2D eigenvalue weighted by Gasteiger charge is 2.12. The fourth-order valence-corrected chi connectivity index (χ4v) is 3.08. The fraction of sp³-hybridized carbons (Fsp3) is 0.0556. The van der Waals surface area contributed by atoms with E-state index < -0.39 is 10.0 Å². The number of carbonyl (C=O) groups is 1. The van der Waals surface area contributed by atoms with Crippen molar-refractivity contribution in [3.63, 3.8) is 0 Å². The number of hydrogen-bond donors (Lipinski definition) is 4. The van der Waals surface area contributed by atoms with Crippen molar-refractivity contribution in [1.82, 2.24) is 0 Å². The molecule has 0 spiro atoms. The minimum Gasteiger partial charge on any atom is -0.506 e. The van der Waals surface area contributed by atoms with Gasteiger partial charge in [0.2, 0.25) is 15.9 Å². The smallest absolute Gasteiger partial charge is 0.238 e. The molecule has 0 bridgehead atoms. The number of amides is 1. The van der Waals surface area contributed by atoms with Crippen LogP contribution in [0.3, 0.4) is 0 Å². The van der Waals surface area contributed by atoms with E-state index in [-0.39, 0.29) is 33.7 Å². The quantitative estimate of drug-likeness (QED) is 0.495. The standard InChI is InChI=1S/C18H16N4O5S/c1-10(23)20-12-4-2-11-3-6-17(25)18(14(11)8-12)22-21-15-9-13(28(19,26)27)5-7-16(15)24/h2-9,24-25H,1H3,(H,20,23)(H2,19,26,27). The third-order valence-electron chi connectivity index (χ3n) is 3.83. The molecule has 0 heterocycles. The number of rotatable bonds is 4. The number of phenols is 2. The van der Waals surface area contributed by atoms with Crippen LogP contribution in [0, 0.1) is 0 Å². The zero-order valence-corrected chi connectivity index (χ0v) is 15.4. The summed E-state index contributed by atoms with van der Waals surface area (Å²) in [7, 11) is -3.99. The molecule has 0 radical (unpaired) electrons. The van der Waals surface area contributed by atoms with E-state index >= 15 is 0 Å². The van der Waals surface area contributed by atoms with Crippen molar-refractivity contribution >= 4 is 43.8 Å². The largest absolute Gasteiger partial charge is 0.506 e. The van der Waals surface area contributed by atoms with Crippen LogP contribution in [0.15, 0.2) is 63.7 Å². The Bertz CT molecular complexity index is 1220. The van der Waals surface area contributed by atoms with E-state index in [9.17, 15) is 23.4 Å². The highest BCUT2D eigenvalue weighted by atomic mass is 32.2. The molecule has 3 aromatic rings. The Balaban J connectivity index is 2.11. The van der Waals surface area contributed by atoms with Crippen LogP contribution in [0.25, 0.3) is 10.8 Å². The van der Waals surface area contributed by atoms with E-state index in [0.29, 0.717) is 11.1 Å². The molecular weight excluding hydrogens is 384 g/mol. The topological polar surface area (TPSA) is 154 Å². The Morgan fingerprint density at radius 2 is 1.68 bits per heavy atom. The molecule has 5 N–H and O–H groups in total. The van der Waals surface area contributed by atoms with Crippen LogP contribution in [-0.4, -0.2) is 24.5 Å². The van der Waals surface area contributed by atoms with Crippen LogP contribution in [-0.2, 0) is 14.8 Å². The van der Waals surface area contributed by atoms with Crippen LogP contribution < -0.4 is 10.5 Å². The summed E-state index contributed by atoms with van der Waals surface area (Å²) in [6, 6.07) is 11.5. The molecule has 144 valence electrons. The third kappa shape index (κ3) is 4.08. The number of azo groups is 1. The summed E-state index contributed by atoms with van der Waals surface area (Å²) in [6.07, 6.45) is 0. The SMILES string of the molecule is CC(=O)Nc1ccc2ccc(O)c(N=Nc3cc(S(N)(=O)=O)ccc3O)c2c1. The molecule has 10 heteroatoms. The summed E-state index contributed by atoms with van der Waals surface area (Å²) in [5.41, 5.74) is 0.451. The second-order valence-corrected chi connectivity index (χ2v) is 7.51. The fourth-order valence-electron chi connectivity index (χ4n) is 2.54. The molecule has 0 fully saturated rings. The maximum atomic E-state index is 11.5. The molecule has 3 aromatic carbocycles. The Kier molecular flexibility index (Phi) is 4.99. The second-order valence-electron chi connectivity index (χ2n) is 5.95. The lowest BCUT2D eigenvalue weighted by molar-refractivity contribution is -0.114. The predicted molar refractivity (Wildman–Crippen MR) is 104 cm³/mol. The van der Waals surface area contributed by atoms with E-state index in [1.54, 1.807) is 24.3 Å². The number of anilines is 1. The number of aromatic hydroxyl groups is 2. The van der Waals surface area contributed by atoms with Gasteiger partial charge in [0.25, 0.3) is 0 Å². The molecule has 0 aromatic heterocycles. The van der Waals surface area contributed by atoms with Gasteiger partial charge in [0.1, 0.15) is 22.9 Å². The minimum absolute atomic E-state index is 0.0881. The minimum atomic E-state index is -3.99. The lowest BCUT2D eigenvalue weighted by Crippen LogP contribution is -2.11. The van der Waals surface area contributed by atoms with Crippen LogP contribution in [0.2, 0.25) is 0 Å². The van der Waals surface area contributed by atoms with Crippen molar-refractivity contribution in [3.05, 3.63) is 48.5 Å². The van der Waals surface area contributed by atoms with Gasteiger partial charge in [-0.15, -0.1) is 10.2 Å². The number of nitrogens with zero attached hydrogens (tertiary/aromatic N) is 2. The zero-order chi connectivity index (χ0) is 20.5. The van der Waals surface area contributed by atoms with E-state index in [4.69, 9.17) is 5.14 Å². The molecule has 1 amide bonds. The number of hydrogen-bond acceptors (Lipinski definition) is 7. The molecule has 0 aliphatic heterocycles. The van der Waals surface area contributed by atoms with Crippen LogP contribution in [0.4, 0.5) is 17.1 Å². The molecular formula is C18H16N4O5S. The maximum Gasteiger partial charge on any atom is 0.238 e. The second kappa shape index (κ2) is 7.25. The Labute approximate surface area is 160 Å². The summed E-state index contributed by atoms with van der Waals surface area (Å²) in [4.78, 5) is 11.0. The van der Waals surface area contributed by atoms with Crippen molar-refractivity contribution in [1.29, 1.82) is 0 Å². The van der Waals surface area contributed by atoms with Crippen molar-refractivity contribution in [2.45, 2.75) is 11.8 Å². The Hall–Kier alpha value is -3.50. The maximum absolute atomic E-state index is 11.5. The normalized spacial score (nSPS) is 11.8. The van der Waals surface area contributed by atoms with Crippen molar-refractivity contribution in [3.8, 4) is 11.5 Å². The summed E-state index contributed by atoms with van der Waals surface area (Å²) in [5, 5.41) is 36.9. The number of nitrogens with two attached hydrogens (primary N) is 1. The van der Waals surface area contributed by atoms with Crippen LogP contribution >= 0.6 is 0 Å². The van der Waals surface area contributed by atoms with Gasteiger partial charge < -0.3 is 15.5 Å². The molecule has 9 nitrogen and oxygen atoms in total. The Morgan fingerprint density at radius 1 is 1.00 bits per heavy atom. The highest BCUT2D eigenvalue weighted by Crippen LogP contribution is 2.38. The van der Waals surface area contributed by atoms with Crippen molar-refractivity contribution < 1.29 is 23.4 Å². The number of sulfonamides is 1. The van der Waals surface area contributed by atoms with E-state index in [0.717, 1.165) is 23.6 Å². The number of nitrogens with one attached hydrogen (secondary N) is 1. The lowest BCUT2D eigenvalue weighted by Gasteiger charge is -2.08. The van der Waals surface area contributed by atoms with Gasteiger partial charge in [-0.1, -0.05) is 12.1 Å². The average molecular weight is 400 g/mol. The summed E-state index contributed by atoms with van der Waals surface area (Å²) in [5.74, 6) is -0.750. The lowest BCUT2D eigenvalue weighted by atomic mass is 10.1. The summed E-state index contributed by atoms with van der Waals surface area (Å²) < 4.78 is 22.9. The number of primary sulfonamides is 1. The van der Waals surface area contributed by atoms with Gasteiger partial charge in [-0.3, -0.25) is 4.79 Å². The van der Waals surface area contributed by atoms with Crippen LogP contribution in [0.5, 0.6) is 11.5 Å². The molecule has 0 aliphatic carbocycles. The highest BCUT2D eigenvalue weighted by molar-refractivity contribution is 7.89. The molecule has 0 aliphatic rings. The Morgan fingerprint density at radius 3 is 2.36 bits per heavy atom. The molecule has 0 saturated heterocycles. The summed E-state index contributed by atoms with van der Waals surface area (Å²) in [6.45, 7) is 1.37. The first kappa shape index (κ1) is 19.3. The first-order valence-electron chi connectivity index (χ1n) is 7.96. The number of benzene rings is 3. The van der Waals surface area contributed by atoms with E-state index in [1.807, 2.05) is 0 Å². The molecule has 0 saturated carbocycles. The van der Waals surface area contributed by atoms with Gasteiger partial charge in [-0.25, -0.2) is 13.6 Å². The van der Waals surface area contributed by atoms with Crippen molar-refractivity contribution in [2.75, 3.05) is 5.32 Å². The number of phenolic OH excluding ortho intramolecular Hbond substituents is 2. The monoisotopic (exact) mass is 400 g/mol. The third-order valence-corrected chi connectivity index (χ3v) is 4.74. The molecule has 0 unspecified atom stereocenters. The summed E-state index contributed by atoms with van der Waals surface area (Å²) >= 11 is 0. The van der Waals surface area contributed by atoms with Gasteiger partial charge in [0.15, 0.2) is 0 Å². The van der Waals surface area contributed by atoms with E-state index in [1.165, 1.54) is 13.0 Å². The average Bonchev–Trinajstić information content (AvgIpc) is 2.60. The van der Waals surface area contributed by atoms with Gasteiger partial charge in [0.05, 0.1) is 4.90 Å². The van der Waals surface area contributed by atoms with Crippen molar-refractivity contribution in [2.24, 2.45) is 15.4 Å². The first-order chi connectivity index (χ1) is 13.1. The van der Waals surface area contributed by atoms with E-state index in [2.05, 4.69) is 15.5 Å². The molecule has 28 heavy (non-hydrogen) atoms. The molecule has 0 atom stereocenters. The van der Waals surface area contributed by atoms with Gasteiger partial charge in [0, 0.05) is 18.0 Å². The number of fused-ring (bicyclic) bond motifs is 1. The molecule has 3 rings (SSSR count). The zero-order valence-electron chi connectivity index (χ0n) is 14.6. The van der Waals surface area contributed by atoms with Gasteiger partial charge in [-0.05, 0) is 41.8 Å². The van der Waals surface area contributed by atoms with Gasteiger partial charge >= 0.3 is 0 Å². The van der Waals surface area contributed by atoms with Crippen LogP contribution in [0.1, 0.15) is 6.92 Å². The van der Waals surface area contributed by atoms with Gasteiger partial charge in [-0.2, -0.15) is 0 Å². The first-order valence-corrected chi connectivity index (χ1v) is 9.50. The number of carbonyl (C=O) groups excluding carboxylic acids is 1.